The lowest BCUT2D eigenvalue weighted by molar-refractivity contribution is -0.120. The largest absolute Gasteiger partial charge is 0.272 e. The van der Waals surface area contributed by atoms with Crippen molar-refractivity contribution in [3.8, 4) is 0 Å². The van der Waals surface area contributed by atoms with E-state index in [2.05, 4.69) is 31.3 Å². The molecule has 19 heavy (non-hydrogen) atoms. The van der Waals surface area contributed by atoms with Crippen molar-refractivity contribution in [3.63, 3.8) is 0 Å². The molecule has 3 nitrogen and oxygen atoms in total. The van der Waals surface area contributed by atoms with Gasteiger partial charge >= 0.3 is 0 Å². The van der Waals surface area contributed by atoms with Gasteiger partial charge in [-0.15, -0.1) is 11.8 Å². The van der Waals surface area contributed by atoms with Crippen LogP contribution in [0.15, 0.2) is 40.3 Å². The first-order chi connectivity index (χ1) is 8.80. The van der Waals surface area contributed by atoms with E-state index in [1.54, 1.807) is 0 Å². The van der Waals surface area contributed by atoms with E-state index in [1.807, 2.05) is 44.2 Å². The molecule has 1 amide bonds. The number of benzene rings is 1. The second kappa shape index (κ2) is 6.75. The van der Waals surface area contributed by atoms with Gasteiger partial charge in [-0.3, -0.25) is 4.79 Å². The molecule has 0 aromatic heterocycles. The van der Waals surface area contributed by atoms with Crippen molar-refractivity contribution in [3.05, 3.63) is 30.3 Å². The normalized spacial score (nSPS) is 14.1. The summed E-state index contributed by atoms with van der Waals surface area (Å²) < 4.78 is 0. The van der Waals surface area contributed by atoms with Crippen LogP contribution in [-0.4, -0.2) is 16.9 Å². The van der Waals surface area contributed by atoms with Gasteiger partial charge in [-0.05, 0) is 26.0 Å². The fourth-order valence-corrected chi connectivity index (χ4v) is 2.04. The summed E-state index contributed by atoms with van der Waals surface area (Å²) in [5.41, 5.74) is 3.53. The van der Waals surface area contributed by atoms with Crippen LogP contribution in [0.3, 0.4) is 0 Å². The molecule has 0 saturated carbocycles. The molecule has 0 aliphatic carbocycles. The summed E-state index contributed by atoms with van der Waals surface area (Å²) in [6, 6.07) is 9.89. The van der Waals surface area contributed by atoms with Crippen LogP contribution < -0.4 is 5.43 Å². The minimum absolute atomic E-state index is 0.0247. The quantitative estimate of drug-likeness (QED) is 0.518. The molecular weight excluding hydrogens is 256 g/mol. The maximum atomic E-state index is 11.9. The van der Waals surface area contributed by atoms with Crippen LogP contribution in [0.4, 0.5) is 0 Å². The number of amides is 1. The SMILES string of the molecule is C/C(=N/NC(=O)[C@@H](C)Sc1ccccc1)C(C)(C)C. The monoisotopic (exact) mass is 278 g/mol. The van der Waals surface area contributed by atoms with Crippen molar-refractivity contribution in [2.75, 3.05) is 0 Å². The third kappa shape index (κ3) is 5.47. The standard InChI is InChI=1S/C15H22N2OS/c1-11(19-13-9-7-6-8-10-13)14(18)17-16-12(2)15(3,4)5/h6-11H,1-5H3,(H,17,18)/b16-12-/t11-/m1/s1. The third-order valence-electron chi connectivity index (χ3n) is 2.84. The highest BCUT2D eigenvalue weighted by Crippen LogP contribution is 2.22. The highest BCUT2D eigenvalue weighted by Gasteiger charge is 2.17. The first-order valence-electron chi connectivity index (χ1n) is 6.37. The van der Waals surface area contributed by atoms with Crippen LogP contribution in [0.5, 0.6) is 0 Å². The Morgan fingerprint density at radius 1 is 1.26 bits per heavy atom. The Morgan fingerprint density at radius 2 is 1.84 bits per heavy atom. The minimum Gasteiger partial charge on any atom is -0.272 e. The van der Waals surface area contributed by atoms with Gasteiger partial charge in [0.25, 0.3) is 5.91 Å². The van der Waals surface area contributed by atoms with Gasteiger partial charge in [0.2, 0.25) is 0 Å². The van der Waals surface area contributed by atoms with Gasteiger partial charge < -0.3 is 0 Å². The zero-order valence-electron chi connectivity index (χ0n) is 12.2. The lowest BCUT2D eigenvalue weighted by Gasteiger charge is -2.18. The summed E-state index contributed by atoms with van der Waals surface area (Å²) in [6.45, 7) is 10.0. The van der Waals surface area contributed by atoms with Crippen molar-refractivity contribution in [1.82, 2.24) is 5.43 Å². The molecule has 1 atom stereocenters. The maximum Gasteiger partial charge on any atom is 0.253 e. The van der Waals surface area contributed by atoms with E-state index in [-0.39, 0.29) is 16.6 Å². The van der Waals surface area contributed by atoms with Gasteiger partial charge in [0.1, 0.15) is 0 Å². The Labute approximate surface area is 119 Å². The van der Waals surface area contributed by atoms with E-state index in [0.29, 0.717) is 0 Å². The molecule has 0 heterocycles. The number of carbonyl (C=O) groups is 1. The zero-order valence-corrected chi connectivity index (χ0v) is 13.0. The molecule has 0 spiro atoms. The van der Waals surface area contributed by atoms with Crippen molar-refractivity contribution >= 4 is 23.4 Å². The lowest BCUT2D eigenvalue weighted by Crippen LogP contribution is -2.29. The summed E-state index contributed by atoms with van der Waals surface area (Å²) in [5, 5.41) is 3.99. The number of thioether (sulfide) groups is 1. The van der Waals surface area contributed by atoms with Crippen LogP contribution in [-0.2, 0) is 4.79 Å². The average Bonchev–Trinajstić information content (AvgIpc) is 2.35. The number of carbonyl (C=O) groups excluding carboxylic acids is 1. The fraction of sp³-hybridized carbons (Fsp3) is 0.467. The molecule has 1 N–H and O–H groups in total. The van der Waals surface area contributed by atoms with E-state index in [9.17, 15) is 4.79 Å². The van der Waals surface area contributed by atoms with Crippen molar-refractivity contribution in [1.29, 1.82) is 0 Å². The van der Waals surface area contributed by atoms with E-state index in [4.69, 9.17) is 0 Å². The smallest absolute Gasteiger partial charge is 0.253 e. The lowest BCUT2D eigenvalue weighted by atomic mass is 9.91. The van der Waals surface area contributed by atoms with Gasteiger partial charge in [0.15, 0.2) is 0 Å². The first kappa shape index (κ1) is 15.8. The highest BCUT2D eigenvalue weighted by molar-refractivity contribution is 8.00. The Morgan fingerprint density at radius 3 is 2.37 bits per heavy atom. The molecular formula is C15H22N2OS. The number of nitrogens with one attached hydrogen (secondary N) is 1. The fourth-order valence-electron chi connectivity index (χ4n) is 1.15. The molecule has 0 aliphatic heterocycles. The first-order valence-corrected chi connectivity index (χ1v) is 7.25. The van der Waals surface area contributed by atoms with E-state index >= 15 is 0 Å². The number of hydrogen-bond acceptors (Lipinski definition) is 3. The average molecular weight is 278 g/mol. The highest BCUT2D eigenvalue weighted by atomic mass is 32.2. The number of hydrazone groups is 1. The number of hydrogen-bond donors (Lipinski definition) is 1. The topological polar surface area (TPSA) is 41.5 Å². The molecule has 0 radical (unpaired) electrons. The van der Waals surface area contributed by atoms with Gasteiger partial charge in [-0.25, -0.2) is 5.43 Å². The van der Waals surface area contributed by atoms with E-state index in [0.717, 1.165) is 10.6 Å². The minimum atomic E-state index is -0.168. The molecule has 1 aromatic carbocycles. The van der Waals surface area contributed by atoms with E-state index < -0.39 is 0 Å². The summed E-state index contributed by atoms with van der Waals surface area (Å²) in [7, 11) is 0. The van der Waals surface area contributed by atoms with Crippen molar-refractivity contribution < 1.29 is 4.79 Å². The zero-order chi connectivity index (χ0) is 14.5. The number of nitrogens with zero attached hydrogens (tertiary/aromatic N) is 1. The maximum absolute atomic E-state index is 11.9. The van der Waals surface area contributed by atoms with E-state index in [1.165, 1.54) is 11.8 Å². The van der Waals surface area contributed by atoms with Crippen LogP contribution in [0.2, 0.25) is 0 Å². The Balaban J connectivity index is 2.55. The van der Waals surface area contributed by atoms with Crippen molar-refractivity contribution in [2.45, 2.75) is 44.8 Å². The Bertz CT molecular complexity index is 449. The van der Waals surface area contributed by atoms with Crippen molar-refractivity contribution in [2.24, 2.45) is 10.5 Å². The van der Waals surface area contributed by atoms with Crippen LogP contribution >= 0.6 is 11.8 Å². The molecule has 0 aliphatic rings. The van der Waals surface area contributed by atoms with Gasteiger partial charge in [0, 0.05) is 16.0 Å². The molecule has 0 bridgehead atoms. The summed E-state index contributed by atoms with van der Waals surface area (Å²) >= 11 is 1.53. The Kier molecular flexibility index (Phi) is 5.60. The molecule has 1 aromatic rings. The predicted molar refractivity (Wildman–Crippen MR) is 82.5 cm³/mol. The van der Waals surface area contributed by atoms with Crippen LogP contribution in [0, 0.1) is 5.41 Å². The summed E-state index contributed by atoms with van der Waals surface area (Å²) in [4.78, 5) is 13.0. The Hall–Kier alpha value is -1.29. The molecule has 104 valence electrons. The third-order valence-corrected chi connectivity index (χ3v) is 3.96. The molecule has 0 fully saturated rings. The van der Waals surface area contributed by atoms with Crippen LogP contribution in [0.25, 0.3) is 0 Å². The molecule has 1 rings (SSSR count). The van der Waals surface area contributed by atoms with Gasteiger partial charge in [-0.1, -0.05) is 39.0 Å². The molecule has 0 unspecified atom stereocenters. The number of rotatable bonds is 4. The predicted octanol–water partition coefficient (Wildman–Crippen LogP) is 3.71. The van der Waals surface area contributed by atoms with Gasteiger partial charge in [0.05, 0.1) is 5.25 Å². The molecule has 0 saturated heterocycles. The summed E-state index contributed by atoms with van der Waals surface area (Å²) in [5.74, 6) is -0.0718. The second-order valence-electron chi connectivity index (χ2n) is 5.50. The van der Waals surface area contributed by atoms with Gasteiger partial charge in [-0.2, -0.15) is 5.10 Å². The second-order valence-corrected chi connectivity index (χ2v) is 6.91. The van der Waals surface area contributed by atoms with Crippen LogP contribution in [0.1, 0.15) is 34.6 Å². The summed E-state index contributed by atoms with van der Waals surface area (Å²) in [6.07, 6.45) is 0. The molecule has 4 heteroatoms.